The van der Waals surface area contributed by atoms with E-state index in [-0.39, 0.29) is 5.91 Å². The predicted molar refractivity (Wildman–Crippen MR) is 116 cm³/mol. The minimum atomic E-state index is -0.366. The monoisotopic (exact) mass is 375 g/mol. The van der Waals surface area contributed by atoms with Crippen LogP contribution in [0.4, 0.5) is 5.82 Å². The van der Waals surface area contributed by atoms with Crippen molar-refractivity contribution in [1.29, 1.82) is 0 Å². The summed E-state index contributed by atoms with van der Waals surface area (Å²) in [5, 5.41) is 1.18. The Bertz CT molecular complexity index is 953. The molecule has 2 heterocycles. The molecule has 0 radical (unpaired) electrons. The van der Waals surface area contributed by atoms with Gasteiger partial charge in [0, 0.05) is 30.6 Å². The third-order valence-electron chi connectivity index (χ3n) is 5.92. The number of nitrogens with two attached hydrogens (primary N) is 1. The average Bonchev–Trinajstić information content (AvgIpc) is 3.07. The fourth-order valence-electron chi connectivity index (χ4n) is 4.43. The highest BCUT2D eigenvalue weighted by Gasteiger charge is 2.23. The van der Waals surface area contributed by atoms with Crippen LogP contribution in [0.3, 0.4) is 0 Å². The van der Waals surface area contributed by atoms with Crippen molar-refractivity contribution in [2.75, 3.05) is 18.0 Å². The first-order chi connectivity index (χ1) is 13.7. The lowest BCUT2D eigenvalue weighted by Crippen LogP contribution is -2.35. The molecule has 0 atom stereocenters. The highest BCUT2D eigenvalue weighted by molar-refractivity contribution is 5.98. The zero-order valence-electron chi connectivity index (χ0n) is 16.6. The van der Waals surface area contributed by atoms with Gasteiger partial charge in [0.05, 0.1) is 5.52 Å². The average molecular weight is 376 g/mol. The Kier molecular flexibility index (Phi) is 5.38. The van der Waals surface area contributed by atoms with Gasteiger partial charge >= 0.3 is 0 Å². The molecule has 1 amide bonds. The first kappa shape index (κ1) is 18.6. The van der Waals surface area contributed by atoms with Crippen molar-refractivity contribution in [3.63, 3.8) is 0 Å². The Hall–Kier alpha value is -2.75. The molecular weight excluding hydrogens is 346 g/mol. The van der Waals surface area contributed by atoms with Gasteiger partial charge in [0.1, 0.15) is 5.82 Å². The van der Waals surface area contributed by atoms with Gasteiger partial charge in [-0.25, -0.2) is 0 Å². The Balaban J connectivity index is 1.54. The summed E-state index contributed by atoms with van der Waals surface area (Å²) in [7, 11) is 0. The quantitative estimate of drug-likeness (QED) is 0.684. The highest BCUT2D eigenvalue weighted by atomic mass is 16.1. The molecule has 4 nitrogen and oxygen atoms in total. The third kappa shape index (κ3) is 3.77. The highest BCUT2D eigenvalue weighted by Crippen LogP contribution is 2.31. The largest absolute Gasteiger partial charge is 0.366 e. The number of rotatable bonds is 6. The summed E-state index contributed by atoms with van der Waals surface area (Å²) < 4.78 is 2.36. The number of primary amides is 1. The van der Waals surface area contributed by atoms with Crippen LogP contribution < -0.4 is 10.6 Å². The lowest BCUT2D eigenvalue weighted by atomic mass is 9.90. The third-order valence-corrected chi connectivity index (χ3v) is 5.92. The van der Waals surface area contributed by atoms with E-state index >= 15 is 0 Å². The number of hydrogen-bond acceptors (Lipinski definition) is 2. The van der Waals surface area contributed by atoms with Gasteiger partial charge in [-0.1, -0.05) is 43.3 Å². The second-order valence-electron chi connectivity index (χ2n) is 7.91. The molecule has 3 aromatic rings. The summed E-state index contributed by atoms with van der Waals surface area (Å²) in [6.45, 7) is 5.31. The SMILES string of the molecule is CCCn1c(N2CCC(Cc3ccccc3)CC2)cc2ccc(C(N)=O)cc21. The van der Waals surface area contributed by atoms with Crippen LogP contribution >= 0.6 is 0 Å². The maximum atomic E-state index is 11.6. The van der Waals surface area contributed by atoms with Crippen molar-refractivity contribution in [3.8, 4) is 0 Å². The van der Waals surface area contributed by atoms with Crippen LogP contribution in [0.2, 0.25) is 0 Å². The van der Waals surface area contributed by atoms with Crippen LogP contribution in [-0.2, 0) is 13.0 Å². The smallest absolute Gasteiger partial charge is 0.248 e. The van der Waals surface area contributed by atoms with Crippen LogP contribution in [0.25, 0.3) is 10.9 Å². The second kappa shape index (κ2) is 8.09. The van der Waals surface area contributed by atoms with E-state index in [9.17, 15) is 4.79 Å². The molecule has 1 saturated heterocycles. The van der Waals surface area contributed by atoms with Gasteiger partial charge in [0.15, 0.2) is 0 Å². The van der Waals surface area contributed by atoms with E-state index in [2.05, 4.69) is 52.8 Å². The van der Waals surface area contributed by atoms with E-state index < -0.39 is 0 Å². The van der Waals surface area contributed by atoms with E-state index in [1.54, 1.807) is 0 Å². The summed E-state index contributed by atoms with van der Waals surface area (Å²) >= 11 is 0. The molecular formula is C24H29N3O. The van der Waals surface area contributed by atoms with Crippen LogP contribution in [0, 0.1) is 5.92 Å². The molecule has 1 aliphatic rings. The zero-order chi connectivity index (χ0) is 19.5. The Morgan fingerprint density at radius 2 is 1.82 bits per heavy atom. The van der Waals surface area contributed by atoms with E-state index in [1.807, 2.05) is 18.2 Å². The molecule has 146 valence electrons. The summed E-state index contributed by atoms with van der Waals surface area (Å²) in [4.78, 5) is 14.1. The van der Waals surface area contributed by atoms with Crippen molar-refractivity contribution in [2.45, 2.75) is 39.2 Å². The summed E-state index contributed by atoms with van der Waals surface area (Å²) in [6.07, 6.45) is 4.67. The van der Waals surface area contributed by atoms with Gasteiger partial charge in [-0.3, -0.25) is 4.79 Å². The zero-order valence-corrected chi connectivity index (χ0v) is 16.6. The molecule has 0 saturated carbocycles. The number of carbonyl (C=O) groups is 1. The van der Waals surface area contributed by atoms with Gasteiger partial charge < -0.3 is 15.2 Å². The first-order valence-electron chi connectivity index (χ1n) is 10.4. The van der Waals surface area contributed by atoms with Gasteiger partial charge in [-0.2, -0.15) is 0 Å². The molecule has 0 spiro atoms. The van der Waals surface area contributed by atoms with Gasteiger partial charge in [0.25, 0.3) is 0 Å². The van der Waals surface area contributed by atoms with Crippen molar-refractivity contribution >= 4 is 22.6 Å². The van der Waals surface area contributed by atoms with Gasteiger partial charge in [-0.05, 0) is 55.4 Å². The number of carbonyl (C=O) groups excluding carboxylic acids is 1. The molecule has 2 aromatic carbocycles. The van der Waals surface area contributed by atoms with Crippen molar-refractivity contribution in [3.05, 3.63) is 65.7 Å². The number of piperidine rings is 1. The van der Waals surface area contributed by atoms with Gasteiger partial charge in [0.2, 0.25) is 5.91 Å². The van der Waals surface area contributed by atoms with E-state index in [4.69, 9.17) is 5.73 Å². The summed E-state index contributed by atoms with van der Waals surface area (Å²) in [5.41, 5.74) is 8.63. The molecule has 0 unspecified atom stereocenters. The number of aryl methyl sites for hydroxylation is 1. The molecule has 28 heavy (non-hydrogen) atoms. The second-order valence-corrected chi connectivity index (χ2v) is 7.91. The Morgan fingerprint density at radius 3 is 2.50 bits per heavy atom. The van der Waals surface area contributed by atoms with Crippen molar-refractivity contribution in [1.82, 2.24) is 4.57 Å². The summed E-state index contributed by atoms with van der Waals surface area (Å²) in [6, 6.07) is 18.9. The number of anilines is 1. The number of benzene rings is 2. The van der Waals surface area contributed by atoms with Crippen molar-refractivity contribution < 1.29 is 4.79 Å². The summed E-state index contributed by atoms with van der Waals surface area (Å²) in [5.74, 6) is 1.66. The lowest BCUT2D eigenvalue weighted by molar-refractivity contribution is 0.100. The fraction of sp³-hybridized carbons (Fsp3) is 0.375. The van der Waals surface area contributed by atoms with Crippen LogP contribution in [0.1, 0.15) is 42.1 Å². The van der Waals surface area contributed by atoms with Crippen LogP contribution in [0.5, 0.6) is 0 Å². The number of fused-ring (bicyclic) bond motifs is 1. The molecule has 2 N–H and O–H groups in total. The molecule has 0 aliphatic carbocycles. The maximum absolute atomic E-state index is 11.6. The molecule has 4 heteroatoms. The normalized spacial score (nSPS) is 15.2. The molecule has 1 aromatic heterocycles. The van der Waals surface area contributed by atoms with Crippen LogP contribution in [0.15, 0.2) is 54.6 Å². The first-order valence-corrected chi connectivity index (χ1v) is 10.4. The standard InChI is InChI=1S/C24H29N3O/c1-2-12-27-22-16-21(24(25)28)9-8-20(22)17-23(27)26-13-10-19(11-14-26)15-18-6-4-3-5-7-18/h3-9,16-17,19H,2,10-15H2,1H3,(H2,25,28). The Morgan fingerprint density at radius 1 is 1.07 bits per heavy atom. The van der Waals surface area contributed by atoms with Crippen LogP contribution in [-0.4, -0.2) is 23.6 Å². The van der Waals surface area contributed by atoms with Gasteiger partial charge in [-0.15, -0.1) is 0 Å². The van der Waals surface area contributed by atoms with E-state index in [0.717, 1.165) is 37.5 Å². The lowest BCUT2D eigenvalue weighted by Gasteiger charge is -2.34. The topological polar surface area (TPSA) is 51.3 Å². The molecule has 4 rings (SSSR count). The van der Waals surface area contributed by atoms with Crippen molar-refractivity contribution in [2.24, 2.45) is 11.7 Å². The molecule has 0 bridgehead atoms. The fourth-order valence-corrected chi connectivity index (χ4v) is 4.43. The van der Waals surface area contributed by atoms with E-state index in [0.29, 0.717) is 5.56 Å². The number of aromatic nitrogens is 1. The molecule has 1 aliphatic heterocycles. The predicted octanol–water partition coefficient (Wildman–Crippen LogP) is 4.61. The minimum Gasteiger partial charge on any atom is -0.366 e. The molecule has 1 fully saturated rings. The number of hydrogen-bond donors (Lipinski definition) is 1. The van der Waals surface area contributed by atoms with E-state index in [1.165, 1.54) is 36.0 Å². The number of nitrogens with zero attached hydrogens (tertiary/aromatic N) is 2. The maximum Gasteiger partial charge on any atom is 0.248 e. The Labute approximate surface area is 166 Å². The number of amides is 1. The minimum absolute atomic E-state index is 0.366.